The van der Waals surface area contributed by atoms with Crippen molar-refractivity contribution in [2.45, 2.75) is 44.8 Å². The predicted octanol–water partition coefficient (Wildman–Crippen LogP) is 8.53. The van der Waals surface area contributed by atoms with E-state index in [0.717, 1.165) is 11.6 Å². The Morgan fingerprint density at radius 2 is 1.77 bits per heavy atom. The summed E-state index contributed by atoms with van der Waals surface area (Å²) in [5.41, 5.74) is 2.69. The van der Waals surface area contributed by atoms with Crippen molar-refractivity contribution in [2.75, 3.05) is 6.61 Å². The van der Waals surface area contributed by atoms with Gasteiger partial charge in [0.15, 0.2) is 17.5 Å². The van der Waals surface area contributed by atoms with Gasteiger partial charge in [0.1, 0.15) is 5.71 Å². The molecule has 10 heteroatoms. The van der Waals surface area contributed by atoms with Crippen LogP contribution in [0.3, 0.4) is 0 Å². The van der Waals surface area contributed by atoms with Gasteiger partial charge >= 0.3 is 6.18 Å². The molecule has 5 nitrogen and oxygen atoms in total. The van der Waals surface area contributed by atoms with Gasteiger partial charge in [0.05, 0.1) is 35.2 Å². The summed E-state index contributed by atoms with van der Waals surface area (Å²) in [4.78, 5) is 17.4. The zero-order valence-corrected chi connectivity index (χ0v) is 23.7. The van der Waals surface area contributed by atoms with E-state index in [2.05, 4.69) is 20.0 Å². The fourth-order valence-electron chi connectivity index (χ4n) is 5.42. The molecule has 0 spiro atoms. The van der Waals surface area contributed by atoms with Crippen molar-refractivity contribution in [3.05, 3.63) is 118 Å². The largest absolute Gasteiger partial charge is 0.498 e. The molecule has 2 aromatic carbocycles. The number of pyridine rings is 1. The van der Waals surface area contributed by atoms with E-state index in [1.54, 1.807) is 42.9 Å². The Bertz CT molecular complexity index is 1780. The molecule has 0 saturated heterocycles. The SMILES string of the molecule is CC1=C(c2ccc(-c3ccncc3)cc2C(F)(F)F)C=C(CC2CCC=C3N=C(c4cccc(F)c4F)N=C3C=N2)OCC1. The van der Waals surface area contributed by atoms with E-state index in [1.165, 1.54) is 24.3 Å². The first-order valence-corrected chi connectivity index (χ1v) is 14.2. The molecule has 0 amide bonds. The number of hydrogen-bond donors (Lipinski definition) is 0. The highest BCUT2D eigenvalue weighted by Gasteiger charge is 2.35. The molecule has 0 N–H and O–H groups in total. The Labute approximate surface area is 251 Å². The first-order chi connectivity index (χ1) is 21.2. The van der Waals surface area contributed by atoms with Gasteiger partial charge in [-0.05, 0) is 78.4 Å². The monoisotopic (exact) mass is 602 g/mol. The lowest BCUT2D eigenvalue weighted by Gasteiger charge is -2.18. The fraction of sp³-hybridized carbons (Fsp3) is 0.235. The second-order valence-electron chi connectivity index (χ2n) is 10.7. The number of alkyl halides is 3. The molecular weight excluding hydrogens is 575 g/mol. The van der Waals surface area contributed by atoms with E-state index in [1.807, 2.05) is 13.0 Å². The number of aromatic nitrogens is 1. The molecule has 3 aliphatic rings. The van der Waals surface area contributed by atoms with Gasteiger partial charge in [0, 0.05) is 31.4 Å². The molecule has 3 aromatic rings. The molecule has 44 heavy (non-hydrogen) atoms. The lowest BCUT2D eigenvalue weighted by Crippen LogP contribution is -2.13. The molecule has 0 aliphatic carbocycles. The molecule has 1 unspecified atom stereocenters. The summed E-state index contributed by atoms with van der Waals surface area (Å²) in [5, 5.41) is 0. The van der Waals surface area contributed by atoms with E-state index in [9.17, 15) is 22.0 Å². The van der Waals surface area contributed by atoms with Crippen molar-refractivity contribution in [3.63, 3.8) is 0 Å². The summed E-state index contributed by atoms with van der Waals surface area (Å²) in [7, 11) is 0. The van der Waals surface area contributed by atoms with Crippen molar-refractivity contribution in [1.82, 2.24) is 4.98 Å². The highest BCUT2D eigenvalue weighted by Crippen LogP contribution is 2.40. The van der Waals surface area contributed by atoms with Gasteiger partial charge in [-0.25, -0.2) is 18.8 Å². The Morgan fingerprint density at radius 3 is 2.57 bits per heavy atom. The first-order valence-electron chi connectivity index (χ1n) is 14.2. The fourth-order valence-corrected chi connectivity index (χ4v) is 5.42. The number of allylic oxidation sites excluding steroid dienone is 4. The van der Waals surface area contributed by atoms with Crippen molar-refractivity contribution < 1.29 is 26.7 Å². The molecule has 0 saturated carbocycles. The van der Waals surface area contributed by atoms with Gasteiger partial charge in [0.25, 0.3) is 0 Å². The van der Waals surface area contributed by atoms with Gasteiger partial charge in [-0.15, -0.1) is 0 Å². The maximum absolute atomic E-state index is 14.4. The molecule has 3 aliphatic heterocycles. The normalized spacial score (nSPS) is 18.7. The van der Waals surface area contributed by atoms with Gasteiger partial charge in [-0.2, -0.15) is 13.2 Å². The van der Waals surface area contributed by atoms with Crippen LogP contribution in [0.2, 0.25) is 0 Å². The number of rotatable bonds is 5. The predicted molar refractivity (Wildman–Crippen MR) is 160 cm³/mol. The average molecular weight is 603 g/mol. The second-order valence-corrected chi connectivity index (χ2v) is 10.7. The number of nitrogens with zero attached hydrogens (tertiary/aromatic N) is 4. The summed E-state index contributed by atoms with van der Waals surface area (Å²) >= 11 is 0. The number of benzene rings is 2. The van der Waals surface area contributed by atoms with E-state index in [-0.39, 0.29) is 23.0 Å². The molecule has 0 radical (unpaired) electrons. The Morgan fingerprint density at radius 1 is 0.955 bits per heavy atom. The minimum absolute atomic E-state index is 0.0335. The minimum atomic E-state index is -4.57. The zero-order valence-electron chi connectivity index (χ0n) is 23.7. The third-order valence-electron chi connectivity index (χ3n) is 7.75. The van der Waals surface area contributed by atoms with Crippen LogP contribution >= 0.6 is 0 Å². The van der Waals surface area contributed by atoms with Crippen LogP contribution in [-0.4, -0.2) is 35.4 Å². The molecule has 224 valence electrons. The average Bonchev–Trinajstić information content (AvgIpc) is 3.29. The van der Waals surface area contributed by atoms with E-state index in [0.29, 0.717) is 66.2 Å². The highest BCUT2D eigenvalue weighted by atomic mass is 19.4. The number of amidine groups is 1. The molecule has 6 rings (SSSR count). The lowest BCUT2D eigenvalue weighted by atomic mass is 9.91. The first kappa shape index (κ1) is 29.3. The number of aliphatic imine (C=N–C) groups is 3. The minimum Gasteiger partial charge on any atom is -0.498 e. The summed E-state index contributed by atoms with van der Waals surface area (Å²) in [5.74, 6) is -1.38. The van der Waals surface area contributed by atoms with Gasteiger partial charge < -0.3 is 4.74 Å². The van der Waals surface area contributed by atoms with Crippen molar-refractivity contribution >= 4 is 23.3 Å². The van der Waals surface area contributed by atoms with Crippen LogP contribution in [0.1, 0.15) is 49.3 Å². The molecule has 1 atom stereocenters. The van der Waals surface area contributed by atoms with Gasteiger partial charge in [-0.1, -0.05) is 29.8 Å². The van der Waals surface area contributed by atoms with E-state index < -0.39 is 23.4 Å². The highest BCUT2D eigenvalue weighted by molar-refractivity contribution is 6.43. The number of halogens is 5. The molecule has 0 fully saturated rings. The summed E-state index contributed by atoms with van der Waals surface area (Å²) in [6, 6.07) is 11.3. The summed E-state index contributed by atoms with van der Waals surface area (Å²) < 4.78 is 77.3. The summed E-state index contributed by atoms with van der Waals surface area (Å²) in [6.07, 6.45) is 5.71. The van der Waals surface area contributed by atoms with Gasteiger partial charge in [-0.3, -0.25) is 9.98 Å². The van der Waals surface area contributed by atoms with Crippen LogP contribution in [0.25, 0.3) is 16.7 Å². The van der Waals surface area contributed by atoms with Crippen molar-refractivity contribution in [1.29, 1.82) is 0 Å². The summed E-state index contributed by atoms with van der Waals surface area (Å²) in [6.45, 7) is 2.16. The Balaban J connectivity index is 1.27. The van der Waals surface area contributed by atoms with Crippen molar-refractivity contribution in [2.24, 2.45) is 15.0 Å². The smallest absolute Gasteiger partial charge is 0.417 e. The van der Waals surface area contributed by atoms with Crippen LogP contribution < -0.4 is 0 Å². The van der Waals surface area contributed by atoms with Crippen LogP contribution in [0.4, 0.5) is 22.0 Å². The van der Waals surface area contributed by atoms with Crippen LogP contribution in [0.5, 0.6) is 0 Å². The maximum Gasteiger partial charge on any atom is 0.417 e. The van der Waals surface area contributed by atoms with Crippen molar-refractivity contribution in [3.8, 4) is 11.1 Å². The van der Waals surface area contributed by atoms with Crippen LogP contribution in [-0.2, 0) is 10.9 Å². The molecule has 0 bridgehead atoms. The van der Waals surface area contributed by atoms with E-state index in [4.69, 9.17) is 4.74 Å². The van der Waals surface area contributed by atoms with Gasteiger partial charge in [0.2, 0.25) is 0 Å². The molecule has 4 heterocycles. The topological polar surface area (TPSA) is 59.2 Å². The maximum atomic E-state index is 14.4. The number of fused-ring (bicyclic) bond motifs is 1. The standard InChI is InChI=1S/C34H27F5N4O/c1-20-12-15-44-24(18-27(20)25-9-8-22(16-28(25)34(37,38)39)21-10-13-40-14-11-21)17-23-4-2-7-30-31(19-41-23)43-33(42-30)26-5-3-6-29(35)32(26)36/h3,5-11,13-14,16,18-19,23H,2,4,12,15,17H2,1H3. The van der Waals surface area contributed by atoms with E-state index >= 15 is 0 Å². The Hall–Kier alpha value is -4.73. The molecule has 1 aromatic heterocycles. The number of ether oxygens (including phenoxy) is 1. The quantitative estimate of drug-likeness (QED) is 0.275. The zero-order chi connectivity index (χ0) is 30.8. The van der Waals surface area contributed by atoms with Crippen LogP contribution in [0, 0.1) is 11.6 Å². The second kappa shape index (κ2) is 12.1. The number of hydrogen-bond acceptors (Lipinski definition) is 5. The third kappa shape index (κ3) is 6.15. The van der Waals surface area contributed by atoms with Crippen LogP contribution in [0.15, 0.2) is 105 Å². The third-order valence-corrected chi connectivity index (χ3v) is 7.75. The Kier molecular flexibility index (Phi) is 8.07. The molecular formula is C34H27F5N4O. The lowest BCUT2D eigenvalue weighted by molar-refractivity contribution is -0.137.